The molecule has 4 nitrogen and oxygen atoms in total. The molecule has 0 atom stereocenters. The average Bonchev–Trinajstić information content (AvgIpc) is 2.60. The first kappa shape index (κ1) is 17.5. The zero-order chi connectivity index (χ0) is 17.8. The Kier molecular flexibility index (Phi) is 5.37. The van der Waals surface area contributed by atoms with Crippen LogP contribution in [0, 0.1) is 26.7 Å². The molecule has 25 heavy (non-hydrogen) atoms. The van der Waals surface area contributed by atoms with Crippen LogP contribution in [0.4, 0.5) is 5.69 Å². The van der Waals surface area contributed by atoms with Crippen LogP contribution >= 0.6 is 0 Å². The topological polar surface area (TPSA) is 45.2 Å². The molecule has 4 heteroatoms. The van der Waals surface area contributed by atoms with Gasteiger partial charge >= 0.3 is 0 Å². The Hall–Kier alpha value is -2.36. The summed E-state index contributed by atoms with van der Waals surface area (Å²) in [5, 5.41) is 3.15. The number of anilines is 1. The van der Waals surface area contributed by atoms with E-state index < -0.39 is 0 Å². The molecule has 0 spiro atoms. The molecule has 0 unspecified atom stereocenters. The van der Waals surface area contributed by atoms with Gasteiger partial charge in [0, 0.05) is 31.4 Å². The van der Waals surface area contributed by atoms with E-state index in [4.69, 9.17) is 0 Å². The Morgan fingerprint density at radius 3 is 2.48 bits per heavy atom. The smallest absolute Gasteiger partial charge is 0.251 e. The second-order valence-electron chi connectivity index (χ2n) is 7.13. The Morgan fingerprint density at radius 1 is 1.20 bits per heavy atom. The summed E-state index contributed by atoms with van der Waals surface area (Å²) in [6.45, 7) is 8.90. The van der Waals surface area contributed by atoms with Crippen LogP contribution in [0.25, 0.3) is 0 Å². The zero-order valence-corrected chi connectivity index (χ0v) is 15.4. The van der Waals surface area contributed by atoms with Crippen molar-refractivity contribution >= 4 is 11.6 Å². The SMILES string of the molecule is Cc1cc(C)c(C(=O)NCC2CCN(c3cccnc3)CC2)c(C)c1. The van der Waals surface area contributed by atoms with E-state index in [1.165, 1.54) is 11.3 Å². The van der Waals surface area contributed by atoms with Crippen molar-refractivity contribution in [3.63, 3.8) is 0 Å². The summed E-state index contributed by atoms with van der Waals surface area (Å²) in [5.41, 5.74) is 5.34. The normalized spacial score (nSPS) is 15.2. The molecule has 0 aliphatic carbocycles. The average molecular weight is 337 g/mol. The maximum atomic E-state index is 12.6. The first-order valence-corrected chi connectivity index (χ1v) is 9.05. The molecule has 3 rings (SSSR count). The predicted octanol–water partition coefficient (Wildman–Crippen LogP) is 3.65. The molecule has 1 saturated heterocycles. The maximum absolute atomic E-state index is 12.6. The van der Waals surface area contributed by atoms with Crippen LogP contribution in [0.5, 0.6) is 0 Å². The lowest BCUT2D eigenvalue weighted by Crippen LogP contribution is -2.39. The van der Waals surface area contributed by atoms with Gasteiger partial charge in [-0.2, -0.15) is 0 Å². The van der Waals surface area contributed by atoms with Gasteiger partial charge in [0.1, 0.15) is 0 Å². The fourth-order valence-corrected chi connectivity index (χ4v) is 3.80. The molecule has 1 aliphatic rings. The number of hydrogen-bond donors (Lipinski definition) is 1. The Bertz CT molecular complexity index is 711. The second-order valence-corrected chi connectivity index (χ2v) is 7.13. The predicted molar refractivity (Wildman–Crippen MR) is 102 cm³/mol. The van der Waals surface area contributed by atoms with Crippen LogP contribution < -0.4 is 10.2 Å². The Balaban J connectivity index is 1.53. The number of carbonyl (C=O) groups is 1. The van der Waals surface area contributed by atoms with E-state index in [1.54, 1.807) is 6.20 Å². The summed E-state index contributed by atoms with van der Waals surface area (Å²) in [7, 11) is 0. The number of nitrogens with zero attached hydrogens (tertiary/aromatic N) is 2. The maximum Gasteiger partial charge on any atom is 0.251 e. The van der Waals surface area contributed by atoms with Crippen molar-refractivity contribution < 1.29 is 4.79 Å². The second kappa shape index (κ2) is 7.68. The Morgan fingerprint density at radius 2 is 1.88 bits per heavy atom. The van der Waals surface area contributed by atoms with Crippen molar-refractivity contribution in [2.24, 2.45) is 5.92 Å². The summed E-state index contributed by atoms with van der Waals surface area (Å²) < 4.78 is 0. The third-order valence-corrected chi connectivity index (χ3v) is 5.08. The lowest BCUT2D eigenvalue weighted by Gasteiger charge is -2.33. The lowest BCUT2D eigenvalue weighted by molar-refractivity contribution is 0.0943. The standard InChI is InChI=1S/C21H27N3O/c1-15-11-16(2)20(17(3)12-15)21(25)23-13-18-6-9-24(10-7-18)19-5-4-8-22-14-19/h4-5,8,11-12,14,18H,6-7,9-10,13H2,1-3H3,(H,23,25). The first-order valence-electron chi connectivity index (χ1n) is 9.05. The lowest BCUT2D eigenvalue weighted by atomic mass is 9.95. The van der Waals surface area contributed by atoms with Crippen molar-refractivity contribution in [3.8, 4) is 0 Å². The van der Waals surface area contributed by atoms with Gasteiger partial charge in [0.25, 0.3) is 5.91 Å². The summed E-state index contributed by atoms with van der Waals surface area (Å²) in [6.07, 6.45) is 5.92. The van der Waals surface area contributed by atoms with Gasteiger partial charge < -0.3 is 10.2 Å². The van der Waals surface area contributed by atoms with Gasteiger partial charge in [-0.1, -0.05) is 17.7 Å². The van der Waals surface area contributed by atoms with Gasteiger partial charge in [-0.3, -0.25) is 9.78 Å². The largest absolute Gasteiger partial charge is 0.370 e. The van der Waals surface area contributed by atoms with Crippen LogP contribution in [-0.2, 0) is 0 Å². The molecular formula is C21H27N3O. The molecule has 1 aliphatic heterocycles. The van der Waals surface area contributed by atoms with Crippen molar-refractivity contribution in [1.82, 2.24) is 10.3 Å². The molecule has 1 N–H and O–H groups in total. The summed E-state index contributed by atoms with van der Waals surface area (Å²) in [6, 6.07) is 8.24. The molecule has 2 aromatic rings. The molecule has 0 bridgehead atoms. The molecule has 1 aromatic heterocycles. The van der Waals surface area contributed by atoms with Crippen LogP contribution in [0.15, 0.2) is 36.7 Å². The molecule has 132 valence electrons. The van der Waals surface area contributed by atoms with E-state index in [0.29, 0.717) is 5.92 Å². The minimum absolute atomic E-state index is 0.0599. The van der Waals surface area contributed by atoms with Gasteiger partial charge in [-0.25, -0.2) is 0 Å². The molecule has 1 fully saturated rings. The minimum atomic E-state index is 0.0599. The molecule has 0 radical (unpaired) electrons. The van der Waals surface area contributed by atoms with Crippen LogP contribution in [-0.4, -0.2) is 30.5 Å². The fraction of sp³-hybridized carbons (Fsp3) is 0.429. The summed E-state index contributed by atoms with van der Waals surface area (Å²) in [4.78, 5) is 19.2. The quantitative estimate of drug-likeness (QED) is 0.926. The van der Waals surface area contributed by atoms with Gasteiger partial charge in [-0.15, -0.1) is 0 Å². The number of aromatic nitrogens is 1. The highest BCUT2D eigenvalue weighted by atomic mass is 16.1. The number of pyridine rings is 1. The monoisotopic (exact) mass is 337 g/mol. The van der Waals surface area contributed by atoms with Crippen molar-refractivity contribution in [2.75, 3.05) is 24.5 Å². The van der Waals surface area contributed by atoms with E-state index in [-0.39, 0.29) is 5.91 Å². The highest BCUT2D eigenvalue weighted by molar-refractivity contribution is 5.97. The van der Waals surface area contributed by atoms with E-state index in [2.05, 4.69) is 40.3 Å². The zero-order valence-electron chi connectivity index (χ0n) is 15.4. The van der Waals surface area contributed by atoms with Crippen LogP contribution in [0.3, 0.4) is 0 Å². The Labute approximate surface area is 150 Å². The summed E-state index contributed by atoms with van der Waals surface area (Å²) >= 11 is 0. The molecule has 1 aromatic carbocycles. The third-order valence-electron chi connectivity index (χ3n) is 5.08. The fourth-order valence-electron chi connectivity index (χ4n) is 3.80. The molecular weight excluding hydrogens is 310 g/mol. The third kappa shape index (κ3) is 4.19. The van der Waals surface area contributed by atoms with Gasteiger partial charge in [0.05, 0.1) is 11.9 Å². The van der Waals surface area contributed by atoms with E-state index in [0.717, 1.165) is 49.2 Å². The number of carbonyl (C=O) groups excluding carboxylic acids is 1. The summed E-state index contributed by atoms with van der Waals surface area (Å²) in [5.74, 6) is 0.604. The van der Waals surface area contributed by atoms with Crippen LogP contribution in [0.1, 0.15) is 39.9 Å². The van der Waals surface area contributed by atoms with Gasteiger partial charge in [-0.05, 0) is 62.8 Å². The minimum Gasteiger partial charge on any atom is -0.370 e. The molecule has 2 heterocycles. The highest BCUT2D eigenvalue weighted by Crippen LogP contribution is 2.22. The van der Waals surface area contributed by atoms with Crippen molar-refractivity contribution in [1.29, 1.82) is 0 Å². The number of hydrogen-bond acceptors (Lipinski definition) is 3. The van der Waals surface area contributed by atoms with E-state index in [9.17, 15) is 4.79 Å². The number of piperidine rings is 1. The number of amides is 1. The molecule has 0 saturated carbocycles. The first-order chi connectivity index (χ1) is 12.0. The van der Waals surface area contributed by atoms with Crippen molar-refractivity contribution in [2.45, 2.75) is 33.6 Å². The van der Waals surface area contributed by atoms with Crippen molar-refractivity contribution in [3.05, 3.63) is 58.9 Å². The number of nitrogens with one attached hydrogen (secondary N) is 1. The van der Waals surface area contributed by atoms with Crippen LogP contribution in [0.2, 0.25) is 0 Å². The number of rotatable bonds is 4. The van der Waals surface area contributed by atoms with Gasteiger partial charge in [0.2, 0.25) is 0 Å². The highest BCUT2D eigenvalue weighted by Gasteiger charge is 2.21. The van der Waals surface area contributed by atoms with Gasteiger partial charge in [0.15, 0.2) is 0 Å². The molecule has 1 amide bonds. The number of aryl methyl sites for hydroxylation is 3. The number of benzene rings is 1. The van der Waals surface area contributed by atoms with E-state index >= 15 is 0 Å². The van der Waals surface area contributed by atoms with E-state index in [1.807, 2.05) is 26.1 Å².